The van der Waals surface area contributed by atoms with Crippen molar-refractivity contribution in [3.05, 3.63) is 34.5 Å². The molecule has 0 spiro atoms. The maximum absolute atomic E-state index is 5.77. The van der Waals surface area contributed by atoms with Gasteiger partial charge in [0, 0.05) is 21.2 Å². The summed E-state index contributed by atoms with van der Waals surface area (Å²) in [6, 6.07) is 8.77. The molecule has 0 bridgehead atoms. The van der Waals surface area contributed by atoms with Gasteiger partial charge in [0.05, 0.1) is 6.61 Å². The second kappa shape index (κ2) is 7.36. The van der Waals surface area contributed by atoms with E-state index in [0.717, 1.165) is 32.5 Å². The third-order valence-electron chi connectivity index (χ3n) is 3.43. The summed E-state index contributed by atoms with van der Waals surface area (Å²) in [5.74, 6) is 0. The van der Waals surface area contributed by atoms with E-state index in [-0.39, 0.29) is 6.29 Å². The molecule has 108 valence electrons. The van der Waals surface area contributed by atoms with Crippen molar-refractivity contribution in [1.29, 1.82) is 0 Å². The van der Waals surface area contributed by atoms with Crippen molar-refractivity contribution in [2.75, 3.05) is 13.2 Å². The molecule has 0 aromatic carbocycles. The van der Waals surface area contributed by atoms with Crippen molar-refractivity contribution in [2.24, 2.45) is 0 Å². The van der Waals surface area contributed by atoms with Crippen LogP contribution in [0.4, 0.5) is 0 Å². The van der Waals surface area contributed by atoms with Gasteiger partial charge in [0.1, 0.15) is 0 Å². The fraction of sp³-hybridized carbons (Fsp3) is 0.500. The first kappa shape index (κ1) is 14.3. The molecular formula is C16H20O2S2. The lowest BCUT2D eigenvalue weighted by molar-refractivity contribution is -0.162. The number of hydrogen-bond donors (Lipinski definition) is 0. The second-order valence-electron chi connectivity index (χ2n) is 5.01. The normalized spacial score (nSPS) is 19.3. The summed E-state index contributed by atoms with van der Waals surface area (Å²) in [6.45, 7) is 1.66. The van der Waals surface area contributed by atoms with Crippen molar-refractivity contribution in [2.45, 2.75) is 38.4 Å². The van der Waals surface area contributed by atoms with E-state index >= 15 is 0 Å². The van der Waals surface area contributed by atoms with Crippen LogP contribution in [0.1, 0.15) is 30.6 Å². The van der Waals surface area contributed by atoms with E-state index in [1.807, 2.05) is 11.3 Å². The monoisotopic (exact) mass is 308 g/mol. The van der Waals surface area contributed by atoms with E-state index in [1.165, 1.54) is 27.5 Å². The summed E-state index contributed by atoms with van der Waals surface area (Å²) >= 11 is 3.71. The van der Waals surface area contributed by atoms with Crippen molar-refractivity contribution in [3.63, 3.8) is 0 Å². The standard InChI is InChI=1S/C16H20O2S2/c1-2-10-17-16(7-1)18-11-3-5-13-8-9-15(20-13)14-6-4-12-19-14/h4,6,8-9,12,16H,1-3,5,7,10-11H2. The van der Waals surface area contributed by atoms with Crippen LogP contribution in [0.3, 0.4) is 0 Å². The Morgan fingerprint density at radius 1 is 1.20 bits per heavy atom. The molecule has 0 radical (unpaired) electrons. The van der Waals surface area contributed by atoms with E-state index < -0.39 is 0 Å². The number of hydrogen-bond acceptors (Lipinski definition) is 4. The Kier molecular flexibility index (Phi) is 5.25. The minimum Gasteiger partial charge on any atom is -0.353 e. The lowest BCUT2D eigenvalue weighted by Gasteiger charge is -2.22. The fourth-order valence-corrected chi connectivity index (χ4v) is 4.25. The van der Waals surface area contributed by atoms with Crippen molar-refractivity contribution in [1.82, 2.24) is 0 Å². The molecule has 0 saturated carbocycles. The first-order valence-electron chi connectivity index (χ1n) is 7.27. The molecule has 3 rings (SSSR count). The Balaban J connectivity index is 1.40. The highest BCUT2D eigenvalue weighted by Gasteiger charge is 2.13. The zero-order chi connectivity index (χ0) is 13.6. The Labute approximate surface area is 128 Å². The van der Waals surface area contributed by atoms with Crippen LogP contribution in [-0.4, -0.2) is 19.5 Å². The van der Waals surface area contributed by atoms with Gasteiger partial charge in [-0.05, 0) is 55.7 Å². The van der Waals surface area contributed by atoms with Crippen molar-refractivity contribution in [3.8, 4) is 9.75 Å². The molecule has 1 aliphatic heterocycles. The summed E-state index contributed by atoms with van der Waals surface area (Å²) in [6.07, 6.45) is 5.70. The minimum atomic E-state index is 0.0498. The van der Waals surface area contributed by atoms with Crippen LogP contribution in [0.25, 0.3) is 9.75 Å². The minimum absolute atomic E-state index is 0.0498. The molecule has 0 amide bonds. The van der Waals surface area contributed by atoms with Crippen LogP contribution in [0, 0.1) is 0 Å². The van der Waals surface area contributed by atoms with Gasteiger partial charge in [0.15, 0.2) is 6.29 Å². The van der Waals surface area contributed by atoms with Gasteiger partial charge in [-0.1, -0.05) is 6.07 Å². The predicted molar refractivity (Wildman–Crippen MR) is 85.5 cm³/mol. The topological polar surface area (TPSA) is 18.5 Å². The molecule has 2 nitrogen and oxygen atoms in total. The molecular weight excluding hydrogens is 288 g/mol. The van der Waals surface area contributed by atoms with E-state index in [1.54, 1.807) is 11.3 Å². The zero-order valence-electron chi connectivity index (χ0n) is 11.5. The quantitative estimate of drug-likeness (QED) is 0.703. The Morgan fingerprint density at radius 2 is 2.20 bits per heavy atom. The van der Waals surface area contributed by atoms with E-state index in [0.29, 0.717) is 0 Å². The lowest BCUT2D eigenvalue weighted by atomic mass is 10.2. The predicted octanol–water partition coefficient (Wildman–Crippen LogP) is 4.95. The van der Waals surface area contributed by atoms with Crippen LogP contribution in [0.2, 0.25) is 0 Å². The van der Waals surface area contributed by atoms with Crippen LogP contribution < -0.4 is 0 Å². The molecule has 2 aromatic heterocycles. The number of thiophene rings is 2. The molecule has 2 aromatic rings. The first-order valence-corrected chi connectivity index (χ1v) is 8.97. The lowest BCUT2D eigenvalue weighted by Crippen LogP contribution is -2.22. The van der Waals surface area contributed by atoms with E-state index in [2.05, 4.69) is 29.6 Å². The van der Waals surface area contributed by atoms with Crippen molar-refractivity contribution < 1.29 is 9.47 Å². The van der Waals surface area contributed by atoms with Gasteiger partial charge in [-0.25, -0.2) is 0 Å². The summed E-state index contributed by atoms with van der Waals surface area (Å²) in [5, 5.41) is 2.13. The number of aryl methyl sites for hydroxylation is 1. The Morgan fingerprint density at radius 3 is 3.00 bits per heavy atom. The third-order valence-corrected chi connectivity index (χ3v) is 5.65. The van der Waals surface area contributed by atoms with Crippen LogP contribution in [0.15, 0.2) is 29.6 Å². The molecule has 20 heavy (non-hydrogen) atoms. The Hall–Kier alpha value is -0.680. The average Bonchev–Trinajstić information content (AvgIpc) is 3.15. The van der Waals surface area contributed by atoms with Crippen LogP contribution >= 0.6 is 22.7 Å². The molecule has 1 saturated heterocycles. The van der Waals surface area contributed by atoms with Gasteiger partial charge < -0.3 is 9.47 Å². The molecule has 0 aliphatic carbocycles. The number of ether oxygens (including phenoxy) is 2. The molecule has 0 N–H and O–H groups in total. The van der Waals surface area contributed by atoms with Crippen LogP contribution in [0.5, 0.6) is 0 Å². The van der Waals surface area contributed by atoms with Gasteiger partial charge in [0.25, 0.3) is 0 Å². The fourth-order valence-electron chi connectivity index (χ4n) is 2.37. The van der Waals surface area contributed by atoms with Gasteiger partial charge in [0.2, 0.25) is 0 Å². The molecule has 1 fully saturated rings. The maximum Gasteiger partial charge on any atom is 0.157 e. The average molecular weight is 308 g/mol. The van der Waals surface area contributed by atoms with Gasteiger partial charge in [-0.3, -0.25) is 0 Å². The van der Waals surface area contributed by atoms with Gasteiger partial charge >= 0.3 is 0 Å². The largest absolute Gasteiger partial charge is 0.353 e. The third kappa shape index (κ3) is 3.92. The highest BCUT2D eigenvalue weighted by Crippen LogP contribution is 2.31. The maximum atomic E-state index is 5.77. The van der Waals surface area contributed by atoms with E-state index in [9.17, 15) is 0 Å². The smallest absolute Gasteiger partial charge is 0.157 e. The first-order chi connectivity index (χ1) is 9.92. The zero-order valence-corrected chi connectivity index (χ0v) is 13.2. The molecule has 1 unspecified atom stereocenters. The molecule has 1 atom stereocenters. The Bertz CT molecular complexity index is 498. The van der Waals surface area contributed by atoms with Crippen molar-refractivity contribution >= 4 is 22.7 Å². The second-order valence-corrected chi connectivity index (χ2v) is 7.13. The summed E-state index contributed by atoms with van der Waals surface area (Å²) in [5.41, 5.74) is 0. The molecule has 1 aliphatic rings. The highest BCUT2D eigenvalue weighted by atomic mass is 32.1. The molecule has 3 heterocycles. The van der Waals surface area contributed by atoms with Gasteiger partial charge in [-0.2, -0.15) is 0 Å². The summed E-state index contributed by atoms with van der Waals surface area (Å²) in [7, 11) is 0. The summed E-state index contributed by atoms with van der Waals surface area (Å²) in [4.78, 5) is 4.20. The number of rotatable bonds is 6. The van der Waals surface area contributed by atoms with Crippen LogP contribution in [-0.2, 0) is 15.9 Å². The van der Waals surface area contributed by atoms with E-state index in [4.69, 9.17) is 9.47 Å². The highest BCUT2D eigenvalue weighted by molar-refractivity contribution is 7.21. The molecule has 4 heteroatoms. The summed E-state index contributed by atoms with van der Waals surface area (Å²) < 4.78 is 11.3. The SMILES string of the molecule is c1csc(-c2ccc(CCCOC3CCCCO3)s2)c1. The van der Waals surface area contributed by atoms with Gasteiger partial charge in [-0.15, -0.1) is 22.7 Å².